The zero-order chi connectivity index (χ0) is 29.7. The van der Waals surface area contributed by atoms with Gasteiger partial charge in [0.05, 0.1) is 11.2 Å². The van der Waals surface area contributed by atoms with Crippen molar-refractivity contribution < 1.29 is 19.4 Å². The van der Waals surface area contributed by atoms with Crippen LogP contribution in [0.2, 0.25) is 0 Å². The van der Waals surface area contributed by atoms with Gasteiger partial charge in [-0.3, -0.25) is 19.2 Å². The van der Waals surface area contributed by atoms with Crippen LogP contribution in [0, 0.1) is 31.1 Å². The summed E-state index contributed by atoms with van der Waals surface area (Å²) in [6.45, 7) is 9.66. The fourth-order valence-corrected chi connectivity index (χ4v) is 5.82. The highest BCUT2D eigenvalue weighted by molar-refractivity contribution is 6.11. The van der Waals surface area contributed by atoms with Gasteiger partial charge in [0.25, 0.3) is 12.4 Å². The summed E-state index contributed by atoms with van der Waals surface area (Å²) in [6.07, 6.45) is 9.82. The van der Waals surface area contributed by atoms with Crippen molar-refractivity contribution >= 4 is 34.9 Å². The predicted octanol–water partition coefficient (Wildman–Crippen LogP) is 6.98. The molecule has 0 saturated heterocycles. The van der Waals surface area contributed by atoms with E-state index < -0.39 is 0 Å². The topological polar surface area (TPSA) is 97.6 Å². The number of carbonyl (C=O) groups is 2. The molecule has 8 nitrogen and oxygen atoms in total. The van der Waals surface area contributed by atoms with Gasteiger partial charge in [0.15, 0.2) is 5.52 Å². The lowest BCUT2D eigenvalue weighted by atomic mass is 9.84. The minimum absolute atomic E-state index is 0.176. The summed E-state index contributed by atoms with van der Waals surface area (Å²) in [5.41, 5.74) is 6.57. The second-order valence-electron chi connectivity index (χ2n) is 11.2. The molecule has 1 aromatic carbocycles. The van der Waals surface area contributed by atoms with Crippen LogP contribution in [0.25, 0.3) is 11.0 Å². The average molecular weight is 559 g/mol. The van der Waals surface area contributed by atoms with Crippen molar-refractivity contribution in [3.63, 3.8) is 0 Å². The molecule has 1 N–H and O–H groups in total. The number of anilines is 2. The Labute approximate surface area is 243 Å². The molecule has 3 fully saturated rings. The lowest BCUT2D eigenvalue weighted by Crippen LogP contribution is -2.27. The highest BCUT2D eigenvalue weighted by Gasteiger charge is 2.46. The molecule has 2 aromatic heterocycles. The first-order valence-corrected chi connectivity index (χ1v) is 14.8. The Morgan fingerprint density at radius 1 is 1.15 bits per heavy atom. The first kappa shape index (κ1) is 30.1. The van der Waals surface area contributed by atoms with Crippen molar-refractivity contribution in [3.8, 4) is 17.7 Å². The van der Waals surface area contributed by atoms with Crippen molar-refractivity contribution in [3.05, 3.63) is 41.0 Å². The summed E-state index contributed by atoms with van der Waals surface area (Å²) in [6, 6.07) is 8.23. The first-order valence-electron chi connectivity index (χ1n) is 14.8. The Kier molecular flexibility index (Phi) is 9.37. The number of benzene rings is 1. The van der Waals surface area contributed by atoms with Crippen LogP contribution in [0.15, 0.2) is 24.3 Å². The smallest absolute Gasteiger partial charge is 0.308 e. The molecule has 6 rings (SSSR count). The molecule has 3 saturated carbocycles. The average Bonchev–Trinajstić information content (AvgIpc) is 3.89. The number of rotatable bonds is 5. The van der Waals surface area contributed by atoms with Gasteiger partial charge in [0.2, 0.25) is 0 Å². The van der Waals surface area contributed by atoms with E-state index in [0.717, 1.165) is 42.5 Å². The lowest BCUT2D eigenvalue weighted by Gasteiger charge is -2.28. The van der Waals surface area contributed by atoms with E-state index in [9.17, 15) is 4.79 Å². The van der Waals surface area contributed by atoms with Gasteiger partial charge in [-0.05, 0) is 124 Å². The number of hydrogen-bond donors (Lipinski definition) is 1. The van der Waals surface area contributed by atoms with E-state index in [1.807, 2.05) is 37.7 Å². The third-order valence-electron chi connectivity index (χ3n) is 8.35. The van der Waals surface area contributed by atoms with E-state index in [1.54, 1.807) is 11.8 Å². The number of ether oxygens (including phenoxy) is 1. The zero-order valence-electron chi connectivity index (χ0n) is 25.2. The summed E-state index contributed by atoms with van der Waals surface area (Å²) in [7, 11) is 1.92. The monoisotopic (exact) mass is 558 g/mol. The van der Waals surface area contributed by atoms with Crippen molar-refractivity contribution in [2.45, 2.75) is 98.0 Å². The maximum atomic E-state index is 13.4. The number of fused-ring (bicyclic) bond motifs is 1. The van der Waals surface area contributed by atoms with E-state index in [0.29, 0.717) is 28.5 Å². The van der Waals surface area contributed by atoms with E-state index >= 15 is 0 Å². The quantitative estimate of drug-likeness (QED) is 0.268. The third kappa shape index (κ3) is 6.56. The maximum Gasteiger partial charge on any atom is 0.308 e. The Bertz CT molecular complexity index is 1470. The molecule has 41 heavy (non-hydrogen) atoms. The predicted molar refractivity (Wildman–Crippen MR) is 162 cm³/mol. The summed E-state index contributed by atoms with van der Waals surface area (Å²) in [4.78, 5) is 28.5. The molecule has 3 aliphatic rings. The number of aromatic nitrogens is 3. The first-order chi connectivity index (χ1) is 19.8. The number of pyridine rings is 1. The van der Waals surface area contributed by atoms with Crippen LogP contribution in [-0.2, 0) is 16.6 Å². The molecule has 3 aromatic rings. The largest absolute Gasteiger partial charge is 0.483 e. The molecular formula is C33H42N4O4. The van der Waals surface area contributed by atoms with Gasteiger partial charge in [0, 0.05) is 7.05 Å². The Balaban J connectivity index is 0.000000728. The number of carbonyl (C=O) groups excluding carboxylic acids is 1. The van der Waals surface area contributed by atoms with E-state index in [2.05, 4.69) is 42.9 Å². The van der Waals surface area contributed by atoms with Crippen LogP contribution in [-0.4, -0.2) is 38.4 Å². The molecule has 8 heteroatoms. The normalized spacial score (nSPS) is 18.1. The standard InChI is InChI=1S/C30H34N4O2.C2H6.CH2O2/c1-5-7-27(35)34(25-17-20(3)19(2)16-23(25)21-9-10-21)26-12-11-24-28(31-26)29(32-33(24)4)36-22-8-6-13-30(18-22)14-15-30;1-2;2-1-3/h11-12,16-17,21-22H,6,8-10,13-15,18H2,1-4H3;1-2H3;1H,(H,2,3). The number of nitrogens with zero attached hydrogens (tertiary/aromatic N) is 4. The second-order valence-corrected chi connectivity index (χ2v) is 11.2. The van der Waals surface area contributed by atoms with Crippen LogP contribution in [0.3, 0.4) is 0 Å². The van der Waals surface area contributed by atoms with Gasteiger partial charge >= 0.3 is 5.91 Å². The number of carboxylic acid groups (broad SMARTS) is 1. The van der Waals surface area contributed by atoms with E-state index in [-0.39, 0.29) is 18.5 Å². The van der Waals surface area contributed by atoms with Gasteiger partial charge in [-0.2, -0.15) is 0 Å². The molecule has 0 aliphatic heterocycles. The third-order valence-corrected chi connectivity index (χ3v) is 8.35. The number of amides is 1. The Morgan fingerprint density at radius 2 is 1.83 bits per heavy atom. The SMILES string of the molecule is CC.CC#CC(=O)N(c1ccc2c(n1)c(OC1CCCC3(CC3)C1)nn2C)c1cc(C)c(C)cc1C1CC1.O=CO. The van der Waals surface area contributed by atoms with Crippen LogP contribution in [0.5, 0.6) is 5.88 Å². The summed E-state index contributed by atoms with van der Waals surface area (Å²) >= 11 is 0. The van der Waals surface area contributed by atoms with E-state index in [1.165, 1.54) is 36.8 Å². The second kappa shape index (κ2) is 12.8. The Morgan fingerprint density at radius 3 is 2.46 bits per heavy atom. The summed E-state index contributed by atoms with van der Waals surface area (Å²) in [5, 5.41) is 11.6. The molecule has 2 heterocycles. The Hall–Kier alpha value is -3.86. The van der Waals surface area contributed by atoms with Gasteiger partial charge in [0.1, 0.15) is 11.9 Å². The highest BCUT2D eigenvalue weighted by Crippen LogP contribution is 2.56. The van der Waals surface area contributed by atoms with Crippen LogP contribution in [0.4, 0.5) is 11.5 Å². The fourth-order valence-electron chi connectivity index (χ4n) is 5.82. The number of hydrogen-bond acceptors (Lipinski definition) is 5. The molecule has 0 radical (unpaired) electrons. The van der Waals surface area contributed by atoms with Crippen molar-refractivity contribution in [2.75, 3.05) is 4.90 Å². The molecule has 1 spiro atoms. The molecule has 1 unspecified atom stereocenters. The highest BCUT2D eigenvalue weighted by atomic mass is 16.5. The van der Waals surface area contributed by atoms with Crippen molar-refractivity contribution in [2.24, 2.45) is 12.5 Å². The van der Waals surface area contributed by atoms with Crippen LogP contribution >= 0.6 is 0 Å². The molecule has 0 bridgehead atoms. The minimum Gasteiger partial charge on any atom is -0.483 e. The zero-order valence-corrected chi connectivity index (χ0v) is 25.2. The van der Waals surface area contributed by atoms with Crippen LogP contribution in [0.1, 0.15) is 94.7 Å². The van der Waals surface area contributed by atoms with Crippen molar-refractivity contribution in [1.82, 2.24) is 14.8 Å². The summed E-state index contributed by atoms with van der Waals surface area (Å²) < 4.78 is 8.31. The summed E-state index contributed by atoms with van der Waals surface area (Å²) in [5.74, 6) is 6.87. The minimum atomic E-state index is -0.274. The molecular weight excluding hydrogens is 516 g/mol. The fraction of sp³-hybridized carbons (Fsp3) is 0.515. The van der Waals surface area contributed by atoms with Crippen LogP contribution < -0.4 is 9.64 Å². The maximum absolute atomic E-state index is 13.4. The molecule has 3 aliphatic carbocycles. The van der Waals surface area contributed by atoms with E-state index in [4.69, 9.17) is 19.6 Å². The molecule has 1 amide bonds. The van der Waals surface area contributed by atoms with Gasteiger partial charge < -0.3 is 9.84 Å². The lowest BCUT2D eigenvalue weighted by molar-refractivity contribution is -0.122. The van der Waals surface area contributed by atoms with Gasteiger partial charge in [-0.15, -0.1) is 5.10 Å². The molecule has 1 atom stereocenters. The number of aryl methyl sites for hydroxylation is 3. The van der Waals surface area contributed by atoms with Gasteiger partial charge in [-0.25, -0.2) is 4.98 Å². The molecule has 218 valence electrons. The van der Waals surface area contributed by atoms with Gasteiger partial charge in [-0.1, -0.05) is 25.8 Å². The van der Waals surface area contributed by atoms with Crippen molar-refractivity contribution in [1.29, 1.82) is 0 Å².